The lowest BCUT2D eigenvalue weighted by Crippen LogP contribution is -2.01. The zero-order valence-electron chi connectivity index (χ0n) is 6.79. The maximum Gasteiger partial charge on any atom is 0.282 e. The SMILES string of the molecule is O=S(=O)(Cl)c1ncc(F)c(C(F)F)c1O. The lowest BCUT2D eigenvalue weighted by molar-refractivity contribution is 0.141. The Kier molecular flexibility index (Phi) is 3.10. The number of nitrogens with zero attached hydrogens (tertiary/aromatic N) is 1. The van der Waals surface area contributed by atoms with Crippen LogP contribution in [0.3, 0.4) is 0 Å². The lowest BCUT2D eigenvalue weighted by atomic mass is 10.2. The van der Waals surface area contributed by atoms with Crippen molar-refractivity contribution in [1.29, 1.82) is 0 Å². The van der Waals surface area contributed by atoms with Crippen molar-refractivity contribution in [2.45, 2.75) is 11.5 Å². The van der Waals surface area contributed by atoms with Crippen molar-refractivity contribution in [3.05, 3.63) is 17.6 Å². The lowest BCUT2D eigenvalue weighted by Gasteiger charge is -2.06. The van der Waals surface area contributed by atoms with E-state index < -0.39 is 37.6 Å². The fourth-order valence-corrected chi connectivity index (χ4v) is 1.72. The summed E-state index contributed by atoms with van der Waals surface area (Å²) in [5.41, 5.74) is -1.44. The minimum atomic E-state index is -4.50. The van der Waals surface area contributed by atoms with Gasteiger partial charge < -0.3 is 5.11 Å². The molecule has 4 nitrogen and oxygen atoms in total. The Bertz CT molecular complexity index is 491. The van der Waals surface area contributed by atoms with Gasteiger partial charge in [0, 0.05) is 10.7 Å². The van der Waals surface area contributed by atoms with Gasteiger partial charge in [0.15, 0.2) is 11.6 Å². The van der Waals surface area contributed by atoms with Gasteiger partial charge >= 0.3 is 0 Å². The third-order valence-corrected chi connectivity index (χ3v) is 2.66. The molecule has 0 atom stereocenters. The highest BCUT2D eigenvalue weighted by molar-refractivity contribution is 8.13. The van der Waals surface area contributed by atoms with Crippen LogP contribution in [0.4, 0.5) is 13.2 Å². The van der Waals surface area contributed by atoms with Crippen molar-refractivity contribution in [2.75, 3.05) is 0 Å². The largest absolute Gasteiger partial charge is 0.504 e. The topological polar surface area (TPSA) is 67.3 Å². The van der Waals surface area contributed by atoms with Crippen molar-refractivity contribution in [2.24, 2.45) is 0 Å². The number of aromatic nitrogens is 1. The molecule has 0 spiro atoms. The van der Waals surface area contributed by atoms with Gasteiger partial charge in [-0.3, -0.25) is 0 Å². The minimum Gasteiger partial charge on any atom is -0.504 e. The summed E-state index contributed by atoms with van der Waals surface area (Å²) in [7, 11) is 0.280. The summed E-state index contributed by atoms with van der Waals surface area (Å²) in [6.45, 7) is 0. The van der Waals surface area contributed by atoms with Gasteiger partial charge in [-0.2, -0.15) is 0 Å². The molecule has 0 saturated carbocycles. The molecule has 0 bridgehead atoms. The van der Waals surface area contributed by atoms with Crippen LogP contribution in [-0.2, 0) is 9.05 Å². The Hall–Kier alpha value is -1.02. The van der Waals surface area contributed by atoms with Gasteiger partial charge in [0.2, 0.25) is 5.03 Å². The Balaban J connectivity index is 3.56. The zero-order valence-corrected chi connectivity index (χ0v) is 8.36. The Morgan fingerprint density at radius 1 is 1.47 bits per heavy atom. The van der Waals surface area contributed by atoms with Crippen molar-refractivity contribution in [3.8, 4) is 5.75 Å². The van der Waals surface area contributed by atoms with E-state index in [9.17, 15) is 21.6 Å². The van der Waals surface area contributed by atoms with E-state index >= 15 is 0 Å². The maximum absolute atomic E-state index is 12.7. The molecule has 1 rings (SSSR count). The van der Waals surface area contributed by atoms with E-state index in [1.54, 1.807) is 0 Å². The summed E-state index contributed by atoms with van der Waals surface area (Å²) in [5.74, 6) is -2.98. The average Bonchev–Trinajstić information content (AvgIpc) is 2.00. The first-order valence-corrected chi connectivity index (χ1v) is 5.66. The summed E-state index contributed by atoms with van der Waals surface area (Å²) in [5, 5.41) is 7.84. The first-order valence-electron chi connectivity index (χ1n) is 3.35. The van der Waals surface area contributed by atoms with E-state index in [0.717, 1.165) is 0 Å². The van der Waals surface area contributed by atoms with Crippen LogP contribution < -0.4 is 0 Å². The van der Waals surface area contributed by atoms with Gasteiger partial charge in [-0.25, -0.2) is 26.6 Å². The molecule has 9 heteroatoms. The molecular weight excluding hydrogens is 259 g/mol. The molecule has 0 fully saturated rings. The van der Waals surface area contributed by atoms with Gasteiger partial charge in [0.05, 0.1) is 11.8 Å². The van der Waals surface area contributed by atoms with Crippen LogP contribution in [0, 0.1) is 5.82 Å². The fraction of sp³-hybridized carbons (Fsp3) is 0.167. The summed E-state index contributed by atoms with van der Waals surface area (Å²) >= 11 is 0. The molecule has 0 aliphatic carbocycles. The minimum absolute atomic E-state index is 0.247. The first kappa shape index (κ1) is 12.1. The van der Waals surface area contributed by atoms with Crippen LogP contribution in [-0.4, -0.2) is 18.5 Å². The van der Waals surface area contributed by atoms with Gasteiger partial charge in [-0.05, 0) is 0 Å². The van der Waals surface area contributed by atoms with Crippen LogP contribution in [0.5, 0.6) is 5.75 Å². The first-order chi connectivity index (χ1) is 6.75. The van der Waals surface area contributed by atoms with E-state index in [1.807, 2.05) is 0 Å². The number of rotatable bonds is 2. The van der Waals surface area contributed by atoms with Crippen molar-refractivity contribution < 1.29 is 26.7 Å². The Morgan fingerprint density at radius 3 is 2.40 bits per heavy atom. The predicted molar refractivity (Wildman–Crippen MR) is 43.9 cm³/mol. The van der Waals surface area contributed by atoms with Gasteiger partial charge in [0.25, 0.3) is 15.5 Å². The van der Waals surface area contributed by atoms with Crippen LogP contribution in [0.2, 0.25) is 0 Å². The van der Waals surface area contributed by atoms with E-state index in [1.165, 1.54) is 0 Å². The molecule has 0 aromatic carbocycles. The number of hydrogen-bond donors (Lipinski definition) is 1. The van der Waals surface area contributed by atoms with Crippen molar-refractivity contribution in [1.82, 2.24) is 4.98 Å². The third kappa shape index (κ3) is 2.32. The fourth-order valence-electron chi connectivity index (χ4n) is 0.860. The summed E-state index contributed by atoms with van der Waals surface area (Å²) in [6, 6.07) is 0. The second-order valence-electron chi connectivity index (χ2n) is 2.41. The molecule has 1 heterocycles. The molecule has 15 heavy (non-hydrogen) atoms. The number of alkyl halides is 2. The van der Waals surface area contributed by atoms with Crippen molar-refractivity contribution in [3.63, 3.8) is 0 Å². The van der Waals surface area contributed by atoms with Crippen LogP contribution in [0.1, 0.15) is 12.0 Å². The highest BCUT2D eigenvalue weighted by Crippen LogP contribution is 2.35. The van der Waals surface area contributed by atoms with E-state index in [4.69, 9.17) is 15.8 Å². The highest BCUT2D eigenvalue weighted by atomic mass is 35.7. The number of hydrogen-bond acceptors (Lipinski definition) is 4. The summed E-state index contributed by atoms with van der Waals surface area (Å²) in [4.78, 5) is 2.91. The molecule has 84 valence electrons. The average molecular weight is 262 g/mol. The van der Waals surface area contributed by atoms with E-state index in [-0.39, 0.29) is 6.20 Å². The predicted octanol–water partition coefficient (Wildman–Crippen LogP) is 1.79. The molecular formula is C6H3ClF3NO3S. The number of pyridine rings is 1. The number of aromatic hydroxyl groups is 1. The molecule has 0 unspecified atom stereocenters. The summed E-state index contributed by atoms with van der Waals surface area (Å²) < 4.78 is 58.5. The molecule has 1 aromatic rings. The normalized spacial score (nSPS) is 12.1. The highest BCUT2D eigenvalue weighted by Gasteiger charge is 2.27. The monoisotopic (exact) mass is 261 g/mol. The molecule has 0 radical (unpaired) electrons. The van der Waals surface area contributed by atoms with Crippen LogP contribution in [0.15, 0.2) is 11.2 Å². The van der Waals surface area contributed by atoms with Crippen LogP contribution >= 0.6 is 10.7 Å². The molecule has 0 amide bonds. The van der Waals surface area contributed by atoms with Crippen LogP contribution in [0.25, 0.3) is 0 Å². The third-order valence-electron chi connectivity index (χ3n) is 1.46. The van der Waals surface area contributed by atoms with Gasteiger partial charge in [-0.1, -0.05) is 0 Å². The van der Waals surface area contributed by atoms with Gasteiger partial charge in [0.1, 0.15) is 0 Å². The van der Waals surface area contributed by atoms with Gasteiger partial charge in [-0.15, -0.1) is 0 Å². The maximum atomic E-state index is 12.7. The molecule has 1 aromatic heterocycles. The van der Waals surface area contributed by atoms with E-state index in [2.05, 4.69) is 4.98 Å². The summed E-state index contributed by atoms with van der Waals surface area (Å²) in [6.07, 6.45) is -3.12. The smallest absolute Gasteiger partial charge is 0.282 e. The molecule has 0 aliphatic heterocycles. The Morgan fingerprint density at radius 2 is 2.00 bits per heavy atom. The van der Waals surface area contributed by atoms with Crippen molar-refractivity contribution >= 4 is 19.7 Å². The second-order valence-corrected chi connectivity index (χ2v) is 4.89. The number of halogens is 4. The molecule has 0 saturated heterocycles. The van der Waals surface area contributed by atoms with E-state index in [0.29, 0.717) is 0 Å². The zero-order chi connectivity index (χ0) is 11.8. The molecule has 1 N–H and O–H groups in total. The standard InChI is InChI=1S/C6H3ClF3NO3S/c7-15(13,14)6-4(12)3(5(9)10)2(8)1-11-6/h1,5,12H. The quantitative estimate of drug-likeness (QED) is 0.824. The second kappa shape index (κ2) is 3.86. The molecule has 0 aliphatic rings. The Labute approximate surface area is 86.7 Å².